The summed E-state index contributed by atoms with van der Waals surface area (Å²) in [5.41, 5.74) is 0. The number of carbonyl (C=O) groups is 1. The number of hydrogen-bond acceptors (Lipinski definition) is 5. The van der Waals surface area contributed by atoms with Crippen molar-refractivity contribution in [2.24, 2.45) is 0 Å². The van der Waals surface area contributed by atoms with Crippen LogP contribution in [0.4, 0.5) is 0 Å². The van der Waals surface area contributed by atoms with Crippen LogP contribution in [0.2, 0.25) is 0 Å². The lowest BCUT2D eigenvalue weighted by Crippen LogP contribution is -2.51. The summed E-state index contributed by atoms with van der Waals surface area (Å²) in [6.07, 6.45) is 1.94. The minimum absolute atomic E-state index is 0.0519. The number of carbonyl (C=O) groups excluding carboxylic acids is 1. The zero-order valence-corrected chi connectivity index (χ0v) is 12.6. The highest BCUT2D eigenvalue weighted by Crippen LogP contribution is 2.06. The number of ether oxygens (including phenoxy) is 3. The van der Waals surface area contributed by atoms with Gasteiger partial charge in [0.05, 0.1) is 46.6 Å². The Balaban J connectivity index is 0.000000361. The summed E-state index contributed by atoms with van der Waals surface area (Å²) >= 11 is 0. The molecule has 1 aliphatic heterocycles. The molecule has 0 unspecified atom stereocenters. The number of rotatable bonds is 8. The van der Waals surface area contributed by atoms with Gasteiger partial charge in [-0.3, -0.25) is 0 Å². The molecule has 1 fully saturated rings. The SMILES string of the molecule is C=CC[N+]1(C)CCOCC1.COCCOCCC(=O)[O-]. The van der Waals surface area contributed by atoms with Gasteiger partial charge in [-0.15, -0.1) is 0 Å². The highest BCUT2D eigenvalue weighted by atomic mass is 16.5. The minimum Gasteiger partial charge on any atom is -0.550 e. The largest absolute Gasteiger partial charge is 0.550 e. The maximum atomic E-state index is 9.81. The lowest BCUT2D eigenvalue weighted by molar-refractivity contribution is -0.911. The van der Waals surface area contributed by atoms with Gasteiger partial charge in [-0.2, -0.15) is 0 Å². The number of carboxylic acids is 1. The van der Waals surface area contributed by atoms with E-state index >= 15 is 0 Å². The molecule has 1 heterocycles. The third-order valence-electron chi connectivity index (χ3n) is 3.00. The van der Waals surface area contributed by atoms with E-state index in [1.807, 2.05) is 6.08 Å². The van der Waals surface area contributed by atoms with Crippen LogP contribution in [0.1, 0.15) is 6.42 Å². The fraction of sp³-hybridized carbons (Fsp3) is 0.786. The first-order chi connectivity index (χ1) is 9.54. The Bertz CT molecular complexity index is 264. The van der Waals surface area contributed by atoms with Crippen molar-refractivity contribution in [2.45, 2.75) is 6.42 Å². The molecule has 0 aromatic heterocycles. The van der Waals surface area contributed by atoms with Crippen LogP contribution in [0.25, 0.3) is 0 Å². The Morgan fingerprint density at radius 3 is 2.50 bits per heavy atom. The quantitative estimate of drug-likeness (QED) is 0.340. The molecule has 1 saturated heterocycles. The van der Waals surface area contributed by atoms with Gasteiger partial charge in [0.2, 0.25) is 0 Å². The van der Waals surface area contributed by atoms with Gasteiger partial charge >= 0.3 is 0 Å². The molecular formula is C14H27NO5. The number of methoxy groups -OCH3 is 1. The van der Waals surface area contributed by atoms with E-state index in [0.29, 0.717) is 13.2 Å². The highest BCUT2D eigenvalue weighted by Gasteiger charge is 2.22. The van der Waals surface area contributed by atoms with Gasteiger partial charge < -0.3 is 28.6 Å². The summed E-state index contributed by atoms with van der Waals surface area (Å²) in [6, 6.07) is 0. The first kappa shape index (κ1) is 19.1. The Morgan fingerprint density at radius 1 is 1.35 bits per heavy atom. The van der Waals surface area contributed by atoms with Crippen LogP contribution in [0.15, 0.2) is 12.7 Å². The third kappa shape index (κ3) is 10.9. The van der Waals surface area contributed by atoms with Crippen molar-refractivity contribution in [3.05, 3.63) is 12.7 Å². The predicted molar refractivity (Wildman–Crippen MR) is 74.1 cm³/mol. The van der Waals surface area contributed by atoms with E-state index in [4.69, 9.17) is 9.47 Å². The van der Waals surface area contributed by atoms with Gasteiger partial charge in [0.1, 0.15) is 13.1 Å². The monoisotopic (exact) mass is 289 g/mol. The average Bonchev–Trinajstić information content (AvgIpc) is 2.40. The number of morpholine rings is 1. The van der Waals surface area contributed by atoms with Crippen LogP contribution in [0, 0.1) is 0 Å². The van der Waals surface area contributed by atoms with Crippen molar-refractivity contribution in [3.63, 3.8) is 0 Å². The lowest BCUT2D eigenvalue weighted by Gasteiger charge is -2.36. The van der Waals surface area contributed by atoms with E-state index in [9.17, 15) is 9.90 Å². The number of hydrogen-bond donors (Lipinski definition) is 0. The average molecular weight is 289 g/mol. The molecule has 0 atom stereocenters. The zero-order chi connectivity index (χ0) is 15.3. The predicted octanol–water partition coefficient (Wildman–Crippen LogP) is -0.561. The first-order valence-electron chi connectivity index (χ1n) is 6.83. The van der Waals surface area contributed by atoms with Crippen molar-refractivity contribution in [3.8, 4) is 0 Å². The normalized spacial score (nSPS) is 16.9. The molecule has 0 aliphatic carbocycles. The van der Waals surface area contributed by atoms with Gasteiger partial charge in [0.25, 0.3) is 0 Å². The van der Waals surface area contributed by atoms with Crippen LogP contribution in [-0.2, 0) is 19.0 Å². The molecule has 118 valence electrons. The van der Waals surface area contributed by atoms with E-state index in [1.165, 1.54) is 0 Å². The van der Waals surface area contributed by atoms with Crippen LogP contribution < -0.4 is 5.11 Å². The molecule has 0 radical (unpaired) electrons. The van der Waals surface area contributed by atoms with Crippen LogP contribution in [0.5, 0.6) is 0 Å². The number of carboxylic acid groups (broad SMARTS) is 1. The van der Waals surface area contributed by atoms with Crippen LogP contribution in [0.3, 0.4) is 0 Å². The number of likely N-dealkylation sites (N-methyl/N-ethyl adjacent to an activating group) is 1. The van der Waals surface area contributed by atoms with E-state index in [2.05, 4.69) is 18.4 Å². The minimum atomic E-state index is -1.09. The summed E-state index contributed by atoms with van der Waals surface area (Å²) in [7, 11) is 3.81. The van der Waals surface area contributed by atoms with E-state index in [0.717, 1.165) is 37.3 Å². The van der Waals surface area contributed by atoms with Crippen molar-refractivity contribution >= 4 is 5.97 Å². The summed E-state index contributed by atoms with van der Waals surface area (Å²) < 4.78 is 15.9. The number of quaternary nitrogens is 1. The number of aliphatic carboxylic acids is 1. The zero-order valence-electron chi connectivity index (χ0n) is 12.6. The molecule has 0 bridgehead atoms. The first-order valence-corrected chi connectivity index (χ1v) is 6.83. The Morgan fingerprint density at radius 2 is 2.00 bits per heavy atom. The molecule has 6 heteroatoms. The van der Waals surface area contributed by atoms with Gasteiger partial charge in [0, 0.05) is 19.5 Å². The molecule has 0 amide bonds. The van der Waals surface area contributed by atoms with Crippen molar-refractivity contribution in [2.75, 3.05) is 66.8 Å². The second kappa shape index (κ2) is 11.8. The van der Waals surface area contributed by atoms with E-state index < -0.39 is 5.97 Å². The molecule has 0 saturated carbocycles. The molecular weight excluding hydrogens is 262 g/mol. The van der Waals surface area contributed by atoms with Crippen molar-refractivity contribution < 1.29 is 28.6 Å². The summed E-state index contributed by atoms with van der Waals surface area (Å²) in [5, 5.41) is 9.81. The van der Waals surface area contributed by atoms with Gasteiger partial charge in [0.15, 0.2) is 0 Å². The molecule has 6 nitrogen and oxygen atoms in total. The Kier molecular flexibility index (Phi) is 11.3. The smallest absolute Gasteiger partial charge is 0.102 e. The molecule has 0 aromatic rings. The molecule has 0 aromatic carbocycles. The topological polar surface area (TPSA) is 67.8 Å². The summed E-state index contributed by atoms with van der Waals surface area (Å²) in [4.78, 5) is 9.81. The standard InChI is InChI=1S/C8H16NO.C6H12O4/c1-3-4-9(2)5-7-10-8-6-9;1-9-4-5-10-3-2-6(7)8/h3H,1,4-8H2,2H3;2-5H2,1H3,(H,7,8)/q+1;/p-1. The molecule has 1 rings (SSSR count). The Labute approximate surface area is 121 Å². The second-order valence-corrected chi connectivity index (χ2v) is 4.88. The highest BCUT2D eigenvalue weighted by molar-refractivity contribution is 5.64. The summed E-state index contributed by atoms with van der Waals surface area (Å²) in [5.74, 6) is -1.09. The van der Waals surface area contributed by atoms with E-state index in [-0.39, 0.29) is 13.0 Å². The van der Waals surface area contributed by atoms with Gasteiger partial charge in [-0.1, -0.05) is 6.58 Å². The summed E-state index contributed by atoms with van der Waals surface area (Å²) in [6.45, 7) is 10.0. The Hall–Kier alpha value is -0.950. The van der Waals surface area contributed by atoms with E-state index in [1.54, 1.807) is 7.11 Å². The van der Waals surface area contributed by atoms with Gasteiger partial charge in [-0.25, -0.2) is 0 Å². The fourth-order valence-electron chi connectivity index (χ4n) is 1.68. The van der Waals surface area contributed by atoms with Gasteiger partial charge in [-0.05, 0) is 6.08 Å². The number of nitrogens with zero attached hydrogens (tertiary/aromatic N) is 1. The maximum Gasteiger partial charge on any atom is 0.102 e. The molecule has 1 aliphatic rings. The molecule has 0 N–H and O–H groups in total. The molecule has 0 spiro atoms. The maximum absolute atomic E-state index is 9.81. The van der Waals surface area contributed by atoms with Crippen LogP contribution in [-0.4, -0.2) is 77.3 Å². The molecule has 20 heavy (non-hydrogen) atoms. The lowest BCUT2D eigenvalue weighted by atomic mass is 10.3. The van der Waals surface area contributed by atoms with Crippen LogP contribution >= 0.6 is 0 Å². The fourth-order valence-corrected chi connectivity index (χ4v) is 1.68. The second-order valence-electron chi connectivity index (χ2n) is 4.88. The van der Waals surface area contributed by atoms with Crippen molar-refractivity contribution in [1.29, 1.82) is 0 Å². The third-order valence-corrected chi connectivity index (χ3v) is 3.00. The van der Waals surface area contributed by atoms with Crippen molar-refractivity contribution in [1.82, 2.24) is 0 Å².